The van der Waals surface area contributed by atoms with Crippen molar-refractivity contribution < 1.29 is 43.9 Å². The van der Waals surface area contributed by atoms with Crippen molar-refractivity contribution in [3.63, 3.8) is 0 Å². The Balaban J connectivity index is 1.91. The van der Waals surface area contributed by atoms with Crippen molar-refractivity contribution in [1.82, 2.24) is 10.2 Å². The standard InChI is InChI=1S/C32H49IN2O9/c1-19(2)23-7-6-20(3)12-26(23)43-18-29(38)35(9-11-41-4)25-15-22(32(40)34-8-10-36)16-27(30(25)39)44-31-24(33)13-21(17-37)14-28(31)42-5/h13-14,16,19-20,23,25-27,30,36-37,39H,6-12,15,17-18H2,1-5H3,(H,34,40)/t20-,23+,25+,26-,27-,30-/m0/s1. The summed E-state index contributed by atoms with van der Waals surface area (Å²) in [6.07, 6.45) is 2.46. The minimum absolute atomic E-state index is 0.0320. The molecule has 0 saturated heterocycles. The fraction of sp³-hybridized carbons (Fsp3) is 0.688. The smallest absolute Gasteiger partial charge is 0.249 e. The lowest BCUT2D eigenvalue weighted by molar-refractivity contribution is -0.149. The van der Waals surface area contributed by atoms with Gasteiger partial charge in [-0.3, -0.25) is 9.59 Å². The number of aliphatic hydroxyl groups is 3. The molecule has 6 atom stereocenters. The van der Waals surface area contributed by atoms with Crippen LogP contribution in [0.15, 0.2) is 23.8 Å². The lowest BCUT2D eigenvalue weighted by Crippen LogP contribution is -2.56. The van der Waals surface area contributed by atoms with Gasteiger partial charge in [0.1, 0.15) is 18.8 Å². The largest absolute Gasteiger partial charge is 0.493 e. The van der Waals surface area contributed by atoms with Crippen LogP contribution in [0.5, 0.6) is 11.5 Å². The number of carbonyl (C=O) groups is 2. The highest BCUT2D eigenvalue weighted by molar-refractivity contribution is 14.1. The second kappa shape index (κ2) is 17.7. The van der Waals surface area contributed by atoms with Crippen LogP contribution in [0.2, 0.25) is 0 Å². The number of aliphatic hydroxyl groups excluding tert-OH is 3. The molecule has 1 saturated carbocycles. The molecule has 0 aliphatic heterocycles. The predicted molar refractivity (Wildman–Crippen MR) is 173 cm³/mol. The zero-order valence-corrected chi connectivity index (χ0v) is 28.6. The molecule has 0 unspecified atom stereocenters. The molecule has 0 spiro atoms. The summed E-state index contributed by atoms with van der Waals surface area (Å²) < 4.78 is 24.1. The molecular weight excluding hydrogens is 683 g/mol. The Kier molecular flexibility index (Phi) is 14.6. The summed E-state index contributed by atoms with van der Waals surface area (Å²) >= 11 is 2.06. The van der Waals surface area contributed by atoms with Crippen LogP contribution >= 0.6 is 22.6 Å². The van der Waals surface area contributed by atoms with Crippen LogP contribution in [0, 0.1) is 21.3 Å². The maximum Gasteiger partial charge on any atom is 0.249 e. The molecule has 1 aromatic rings. The number of benzene rings is 1. The molecule has 1 aromatic carbocycles. The zero-order valence-electron chi connectivity index (χ0n) is 26.5. The Bertz CT molecular complexity index is 1130. The molecule has 2 aliphatic carbocycles. The average Bonchev–Trinajstić information content (AvgIpc) is 3.00. The van der Waals surface area contributed by atoms with E-state index in [1.165, 1.54) is 19.1 Å². The van der Waals surface area contributed by atoms with Gasteiger partial charge in [-0.15, -0.1) is 0 Å². The molecule has 12 heteroatoms. The van der Waals surface area contributed by atoms with E-state index in [0.29, 0.717) is 44.0 Å². The Labute approximate surface area is 274 Å². The van der Waals surface area contributed by atoms with Gasteiger partial charge < -0.3 is 44.5 Å². The molecule has 0 heterocycles. The predicted octanol–water partition coefficient (Wildman–Crippen LogP) is 2.66. The number of methoxy groups -OCH3 is 2. The first-order valence-electron chi connectivity index (χ1n) is 15.4. The number of amides is 2. The van der Waals surface area contributed by atoms with E-state index in [-0.39, 0.29) is 57.9 Å². The first kappa shape index (κ1) is 36.5. The topological polar surface area (TPSA) is 147 Å². The lowest BCUT2D eigenvalue weighted by Gasteiger charge is -2.41. The van der Waals surface area contributed by atoms with Crippen molar-refractivity contribution in [2.24, 2.45) is 17.8 Å². The van der Waals surface area contributed by atoms with E-state index in [2.05, 4.69) is 48.7 Å². The third kappa shape index (κ3) is 9.52. The summed E-state index contributed by atoms with van der Waals surface area (Å²) in [5.41, 5.74) is 0.945. The van der Waals surface area contributed by atoms with Crippen LogP contribution in [0.1, 0.15) is 52.0 Å². The van der Waals surface area contributed by atoms with Crippen LogP contribution in [0.25, 0.3) is 0 Å². The first-order valence-corrected chi connectivity index (χ1v) is 16.4. The molecule has 0 aromatic heterocycles. The van der Waals surface area contributed by atoms with Gasteiger partial charge >= 0.3 is 0 Å². The average molecular weight is 733 g/mol. The summed E-state index contributed by atoms with van der Waals surface area (Å²) in [6, 6.07) is 2.56. The number of hydrogen-bond donors (Lipinski definition) is 4. The first-order chi connectivity index (χ1) is 21.0. The fourth-order valence-corrected chi connectivity index (χ4v) is 6.92. The number of nitrogens with zero attached hydrogens (tertiary/aromatic N) is 1. The number of ether oxygens (including phenoxy) is 4. The Morgan fingerprint density at radius 2 is 1.93 bits per heavy atom. The van der Waals surface area contributed by atoms with Crippen molar-refractivity contribution in [3.05, 3.63) is 32.9 Å². The highest BCUT2D eigenvalue weighted by Gasteiger charge is 2.41. The van der Waals surface area contributed by atoms with Gasteiger partial charge in [0.2, 0.25) is 11.8 Å². The van der Waals surface area contributed by atoms with Gasteiger partial charge in [0.05, 0.1) is 42.6 Å². The number of hydrogen-bond acceptors (Lipinski definition) is 9. The van der Waals surface area contributed by atoms with Crippen LogP contribution in [-0.2, 0) is 25.7 Å². The quantitative estimate of drug-likeness (QED) is 0.200. The highest BCUT2D eigenvalue weighted by atomic mass is 127. The van der Waals surface area contributed by atoms with Crippen molar-refractivity contribution in [1.29, 1.82) is 0 Å². The molecular formula is C32H49IN2O9. The van der Waals surface area contributed by atoms with E-state index in [4.69, 9.17) is 18.9 Å². The van der Waals surface area contributed by atoms with Gasteiger partial charge in [0, 0.05) is 32.2 Å². The molecule has 4 N–H and O–H groups in total. The van der Waals surface area contributed by atoms with Crippen molar-refractivity contribution in [2.75, 3.05) is 47.1 Å². The number of carbonyl (C=O) groups excluding carboxylic acids is 2. The van der Waals surface area contributed by atoms with Gasteiger partial charge in [-0.25, -0.2) is 0 Å². The number of nitrogens with one attached hydrogen (secondary N) is 1. The van der Waals surface area contributed by atoms with Crippen molar-refractivity contribution in [2.45, 2.75) is 77.4 Å². The van der Waals surface area contributed by atoms with Gasteiger partial charge in [0.15, 0.2) is 11.5 Å². The van der Waals surface area contributed by atoms with Crippen LogP contribution < -0.4 is 14.8 Å². The van der Waals surface area contributed by atoms with Gasteiger partial charge in [-0.2, -0.15) is 0 Å². The van der Waals surface area contributed by atoms with E-state index in [9.17, 15) is 24.9 Å². The van der Waals surface area contributed by atoms with Crippen molar-refractivity contribution in [3.8, 4) is 11.5 Å². The maximum atomic E-state index is 13.8. The van der Waals surface area contributed by atoms with E-state index in [1.54, 1.807) is 18.2 Å². The molecule has 1 fully saturated rings. The van der Waals surface area contributed by atoms with Gasteiger partial charge in [0.25, 0.3) is 0 Å². The zero-order chi connectivity index (χ0) is 32.4. The van der Waals surface area contributed by atoms with Gasteiger partial charge in [-0.1, -0.05) is 27.2 Å². The molecule has 2 aliphatic rings. The molecule has 248 valence electrons. The minimum atomic E-state index is -1.21. The minimum Gasteiger partial charge on any atom is -0.493 e. The monoisotopic (exact) mass is 732 g/mol. The molecule has 0 radical (unpaired) electrons. The molecule has 11 nitrogen and oxygen atoms in total. The van der Waals surface area contributed by atoms with Gasteiger partial charge in [-0.05, 0) is 77.0 Å². The third-order valence-corrected chi connectivity index (χ3v) is 9.38. The van der Waals surface area contributed by atoms with E-state index >= 15 is 0 Å². The van der Waals surface area contributed by atoms with E-state index < -0.39 is 24.2 Å². The van der Waals surface area contributed by atoms with Crippen LogP contribution in [-0.4, -0.2) is 104 Å². The SMILES string of the molecule is COCCN(C(=O)CO[C@H]1C[C@@H](C)CC[C@@H]1C(C)C)[C@@H]1CC(C(=O)NCCO)=C[C@H](Oc2c(I)cc(CO)cc2OC)[C@H]1O. The highest BCUT2D eigenvalue weighted by Crippen LogP contribution is 2.38. The third-order valence-electron chi connectivity index (χ3n) is 8.58. The second-order valence-corrected chi connectivity index (χ2v) is 13.2. The summed E-state index contributed by atoms with van der Waals surface area (Å²) in [4.78, 5) is 28.5. The second-order valence-electron chi connectivity index (χ2n) is 12.0. The Morgan fingerprint density at radius 1 is 1.18 bits per heavy atom. The fourth-order valence-electron chi connectivity index (χ4n) is 6.13. The molecule has 44 heavy (non-hydrogen) atoms. The van der Waals surface area contributed by atoms with Crippen LogP contribution in [0.4, 0.5) is 0 Å². The normalized spacial score (nSPS) is 25.4. The molecule has 2 amide bonds. The number of rotatable bonds is 15. The summed E-state index contributed by atoms with van der Waals surface area (Å²) in [6.45, 7) is 6.47. The summed E-state index contributed by atoms with van der Waals surface area (Å²) in [5.74, 6) is 1.28. The molecule has 0 bridgehead atoms. The lowest BCUT2D eigenvalue weighted by atomic mass is 9.75. The van der Waals surface area contributed by atoms with E-state index in [1.807, 2.05) is 0 Å². The van der Waals surface area contributed by atoms with Crippen LogP contribution in [0.3, 0.4) is 0 Å². The Morgan fingerprint density at radius 3 is 2.57 bits per heavy atom. The number of halogens is 1. The van der Waals surface area contributed by atoms with Crippen molar-refractivity contribution >= 4 is 34.4 Å². The maximum absolute atomic E-state index is 13.8. The Hall–Kier alpha value is -1.97. The summed E-state index contributed by atoms with van der Waals surface area (Å²) in [5, 5.41) is 33.3. The summed E-state index contributed by atoms with van der Waals surface area (Å²) in [7, 11) is 3.02. The van der Waals surface area contributed by atoms with E-state index in [0.717, 1.165) is 19.3 Å². The molecule has 3 rings (SSSR count).